The first-order valence-electron chi connectivity index (χ1n) is 11.2. The molecule has 4 amide bonds. The third kappa shape index (κ3) is 7.01. The fourth-order valence-corrected chi connectivity index (χ4v) is 3.59. The minimum Gasteiger partial charge on any atom is -0.491 e. The first kappa shape index (κ1) is 25.7. The van der Waals surface area contributed by atoms with Crippen LogP contribution in [0.4, 0.5) is 0 Å². The van der Waals surface area contributed by atoms with Gasteiger partial charge in [-0.15, -0.1) is 0 Å². The molecule has 1 fully saturated rings. The zero-order valence-corrected chi connectivity index (χ0v) is 19.0. The van der Waals surface area contributed by atoms with E-state index in [9.17, 15) is 19.2 Å². The molecule has 35 heavy (non-hydrogen) atoms. The largest absolute Gasteiger partial charge is 0.491 e. The van der Waals surface area contributed by atoms with E-state index in [-0.39, 0.29) is 31.2 Å². The van der Waals surface area contributed by atoms with Crippen molar-refractivity contribution >= 4 is 23.6 Å². The Morgan fingerprint density at radius 2 is 1.51 bits per heavy atom. The lowest BCUT2D eigenvalue weighted by Crippen LogP contribution is -2.56. The van der Waals surface area contributed by atoms with Gasteiger partial charge in [0.25, 0.3) is 17.7 Å². The molecule has 0 aromatic heterocycles. The summed E-state index contributed by atoms with van der Waals surface area (Å²) in [6.07, 6.45) is 1.79. The van der Waals surface area contributed by atoms with Crippen molar-refractivity contribution in [2.24, 2.45) is 0 Å². The molecule has 3 rings (SSSR count). The monoisotopic (exact) mass is 484 g/mol. The van der Waals surface area contributed by atoms with Gasteiger partial charge in [0.05, 0.1) is 13.2 Å². The second kappa shape index (κ2) is 12.5. The number of benzene rings is 2. The summed E-state index contributed by atoms with van der Waals surface area (Å²) in [7, 11) is 0. The van der Waals surface area contributed by atoms with Crippen molar-refractivity contribution in [3.63, 3.8) is 0 Å². The molecule has 186 valence electrons. The van der Waals surface area contributed by atoms with Crippen LogP contribution in [0.15, 0.2) is 48.5 Å². The zero-order valence-electron chi connectivity index (χ0n) is 19.0. The molecule has 1 aliphatic rings. The second-order valence-corrected chi connectivity index (χ2v) is 7.86. The average molecular weight is 485 g/mol. The molecule has 11 nitrogen and oxygen atoms in total. The number of rotatable bonds is 10. The van der Waals surface area contributed by atoms with Gasteiger partial charge in [-0.25, -0.2) is 5.48 Å². The molecule has 2 aromatic rings. The molecular weight excluding hydrogens is 456 g/mol. The Morgan fingerprint density at radius 1 is 0.914 bits per heavy atom. The van der Waals surface area contributed by atoms with Crippen LogP contribution in [-0.4, -0.2) is 77.7 Å². The molecule has 1 saturated heterocycles. The number of ether oxygens (including phenoxy) is 1. The van der Waals surface area contributed by atoms with Gasteiger partial charge in [-0.05, 0) is 48.2 Å². The molecule has 0 aliphatic carbocycles. The van der Waals surface area contributed by atoms with E-state index < -0.39 is 23.8 Å². The molecule has 0 radical (unpaired) electrons. The molecule has 1 unspecified atom stereocenters. The van der Waals surface area contributed by atoms with Gasteiger partial charge >= 0.3 is 0 Å². The van der Waals surface area contributed by atoms with Crippen LogP contribution in [0.2, 0.25) is 0 Å². The summed E-state index contributed by atoms with van der Waals surface area (Å²) in [5, 5.41) is 22.4. The number of hydrogen-bond donors (Lipinski definition) is 5. The van der Waals surface area contributed by atoms with Gasteiger partial charge in [0.15, 0.2) is 6.04 Å². The van der Waals surface area contributed by atoms with Crippen LogP contribution in [0, 0.1) is 0 Å². The van der Waals surface area contributed by atoms with Crippen LogP contribution in [0.3, 0.4) is 0 Å². The summed E-state index contributed by atoms with van der Waals surface area (Å²) in [5.41, 5.74) is 3.23. The van der Waals surface area contributed by atoms with E-state index in [4.69, 9.17) is 15.1 Å². The second-order valence-electron chi connectivity index (χ2n) is 7.86. The van der Waals surface area contributed by atoms with E-state index in [0.29, 0.717) is 18.8 Å². The standard InChI is InChI=1S/C24H28N4O7/c29-13-14-35-19-9-7-17(8-10-19)16-3-5-18(6-4-16)22(31)26-21(24(33)27-34)23(32)25-15-20(30)28-11-1-2-12-28/h3-10,21,29,34H,1-2,11-15H2,(H,25,32)(H,26,31)(H,27,33). The predicted molar refractivity (Wildman–Crippen MR) is 124 cm³/mol. The van der Waals surface area contributed by atoms with Crippen molar-refractivity contribution in [2.75, 3.05) is 32.8 Å². The summed E-state index contributed by atoms with van der Waals surface area (Å²) in [6.45, 7) is 1.03. The van der Waals surface area contributed by atoms with E-state index >= 15 is 0 Å². The van der Waals surface area contributed by atoms with Gasteiger partial charge in [0, 0.05) is 18.7 Å². The fraction of sp³-hybridized carbons (Fsp3) is 0.333. The van der Waals surface area contributed by atoms with Crippen LogP contribution in [-0.2, 0) is 14.4 Å². The Balaban J connectivity index is 1.61. The van der Waals surface area contributed by atoms with E-state index in [1.54, 1.807) is 29.2 Å². The SMILES string of the molecule is O=C(NC(C(=O)NO)C(=O)NCC(=O)N1CCCC1)c1ccc(-c2ccc(OCCO)cc2)cc1. The Morgan fingerprint density at radius 3 is 2.09 bits per heavy atom. The van der Waals surface area contributed by atoms with Crippen LogP contribution < -0.4 is 20.9 Å². The number of hydrogen-bond acceptors (Lipinski definition) is 7. The first-order chi connectivity index (χ1) is 16.9. The number of amides is 4. The molecule has 0 saturated carbocycles. The van der Waals surface area contributed by atoms with E-state index in [1.165, 1.54) is 17.6 Å². The smallest absolute Gasteiger partial charge is 0.275 e. The summed E-state index contributed by atoms with van der Waals surface area (Å²) >= 11 is 0. The van der Waals surface area contributed by atoms with Crippen LogP contribution in [0.25, 0.3) is 11.1 Å². The third-order valence-corrected chi connectivity index (χ3v) is 5.48. The predicted octanol–water partition coefficient (Wildman–Crippen LogP) is 0.0671. The number of carbonyl (C=O) groups excluding carboxylic acids is 4. The maximum Gasteiger partial charge on any atom is 0.275 e. The normalized spacial score (nSPS) is 13.6. The number of aliphatic hydroxyl groups is 1. The molecular formula is C24H28N4O7. The van der Waals surface area contributed by atoms with Gasteiger partial charge in [-0.3, -0.25) is 24.4 Å². The van der Waals surface area contributed by atoms with Crippen molar-refractivity contribution < 1.29 is 34.2 Å². The highest BCUT2D eigenvalue weighted by molar-refractivity contribution is 6.09. The highest BCUT2D eigenvalue weighted by Crippen LogP contribution is 2.23. The number of aliphatic hydroxyl groups excluding tert-OH is 1. The number of carbonyl (C=O) groups is 4. The Hall–Kier alpha value is -3.96. The minimum atomic E-state index is -1.73. The summed E-state index contributed by atoms with van der Waals surface area (Å²) < 4.78 is 5.33. The summed E-state index contributed by atoms with van der Waals surface area (Å²) in [5.74, 6) is -2.43. The number of nitrogens with one attached hydrogen (secondary N) is 3. The molecule has 2 aromatic carbocycles. The van der Waals surface area contributed by atoms with Gasteiger partial charge < -0.3 is 25.4 Å². The van der Waals surface area contributed by atoms with E-state index in [0.717, 1.165) is 24.0 Å². The lowest BCUT2D eigenvalue weighted by atomic mass is 10.0. The van der Waals surface area contributed by atoms with Gasteiger partial charge in [-0.1, -0.05) is 24.3 Å². The van der Waals surface area contributed by atoms with Crippen LogP contribution >= 0.6 is 0 Å². The van der Waals surface area contributed by atoms with Crippen molar-refractivity contribution in [3.8, 4) is 16.9 Å². The maximum atomic E-state index is 12.7. The third-order valence-electron chi connectivity index (χ3n) is 5.48. The molecule has 11 heteroatoms. The van der Waals surface area contributed by atoms with Gasteiger partial charge in [0.1, 0.15) is 12.4 Å². The Kier molecular flexibility index (Phi) is 9.16. The molecule has 5 N–H and O–H groups in total. The molecule has 1 heterocycles. The number of likely N-dealkylation sites (tertiary alicyclic amines) is 1. The van der Waals surface area contributed by atoms with E-state index in [2.05, 4.69) is 10.6 Å². The van der Waals surface area contributed by atoms with Crippen molar-refractivity contribution in [1.29, 1.82) is 0 Å². The van der Waals surface area contributed by atoms with E-state index in [1.807, 2.05) is 12.1 Å². The summed E-state index contributed by atoms with van der Waals surface area (Å²) in [4.78, 5) is 50.9. The number of nitrogens with zero attached hydrogens (tertiary/aromatic N) is 1. The molecule has 0 bridgehead atoms. The van der Waals surface area contributed by atoms with Crippen LogP contribution in [0.1, 0.15) is 23.2 Å². The number of hydroxylamine groups is 1. The topological polar surface area (TPSA) is 157 Å². The minimum absolute atomic E-state index is 0.0789. The van der Waals surface area contributed by atoms with Gasteiger partial charge in [0.2, 0.25) is 5.91 Å². The Labute approximate surface area is 202 Å². The summed E-state index contributed by atoms with van der Waals surface area (Å²) in [6, 6.07) is 11.9. The van der Waals surface area contributed by atoms with Gasteiger partial charge in [-0.2, -0.15) is 0 Å². The molecule has 1 atom stereocenters. The Bertz CT molecular complexity index is 1030. The van der Waals surface area contributed by atoms with Crippen molar-refractivity contribution in [1.82, 2.24) is 21.0 Å². The molecule has 0 spiro atoms. The maximum absolute atomic E-state index is 12.7. The lowest BCUT2D eigenvalue weighted by molar-refractivity contribution is -0.139. The zero-order chi connectivity index (χ0) is 25.2. The highest BCUT2D eigenvalue weighted by Gasteiger charge is 2.29. The van der Waals surface area contributed by atoms with Crippen molar-refractivity contribution in [2.45, 2.75) is 18.9 Å². The molecule has 1 aliphatic heterocycles. The average Bonchev–Trinajstić information content (AvgIpc) is 3.44. The fourth-order valence-electron chi connectivity index (χ4n) is 3.59. The van der Waals surface area contributed by atoms with Crippen molar-refractivity contribution in [3.05, 3.63) is 54.1 Å². The highest BCUT2D eigenvalue weighted by atomic mass is 16.5. The first-order valence-corrected chi connectivity index (χ1v) is 11.2. The quantitative estimate of drug-likeness (QED) is 0.181. The lowest BCUT2D eigenvalue weighted by Gasteiger charge is -2.19. The van der Waals surface area contributed by atoms with Crippen LogP contribution in [0.5, 0.6) is 5.75 Å².